The Kier molecular flexibility index (Phi) is 4.92. The standard InChI is InChI=1S/C21H19N5O3/c1-25(16-6-4-3-5-7-16)21-23-13-22-19-17(12-24-26(19)21)18(27)14-8-10-15(11-9-14)20(28)29-2/h3-13,18,27H,1-2H3. The number of benzene rings is 2. The van der Waals surface area contributed by atoms with Crippen LogP contribution < -0.4 is 4.90 Å². The van der Waals surface area contributed by atoms with Crippen LogP contribution in [0.1, 0.15) is 27.6 Å². The predicted molar refractivity (Wildman–Crippen MR) is 107 cm³/mol. The summed E-state index contributed by atoms with van der Waals surface area (Å²) < 4.78 is 6.29. The average Bonchev–Trinajstić information content (AvgIpc) is 3.22. The van der Waals surface area contributed by atoms with Gasteiger partial charge in [0.2, 0.25) is 5.95 Å². The lowest BCUT2D eigenvalue weighted by molar-refractivity contribution is 0.0600. The van der Waals surface area contributed by atoms with Crippen molar-refractivity contribution in [2.45, 2.75) is 6.10 Å². The summed E-state index contributed by atoms with van der Waals surface area (Å²) in [5.41, 5.74) is 3.02. The van der Waals surface area contributed by atoms with Gasteiger partial charge in [0.05, 0.1) is 24.4 Å². The molecule has 1 unspecified atom stereocenters. The van der Waals surface area contributed by atoms with E-state index in [1.54, 1.807) is 35.0 Å². The van der Waals surface area contributed by atoms with Gasteiger partial charge in [0.25, 0.3) is 0 Å². The molecule has 146 valence electrons. The Morgan fingerprint density at radius 1 is 1.10 bits per heavy atom. The lowest BCUT2D eigenvalue weighted by Gasteiger charge is -2.18. The monoisotopic (exact) mass is 389 g/mol. The van der Waals surface area contributed by atoms with Gasteiger partial charge in [0.15, 0.2) is 5.65 Å². The molecule has 0 aliphatic carbocycles. The number of aliphatic hydroxyl groups excluding tert-OH is 1. The minimum absolute atomic E-state index is 0.414. The first-order chi connectivity index (χ1) is 14.1. The minimum Gasteiger partial charge on any atom is -0.465 e. The molecule has 0 bridgehead atoms. The number of aromatic nitrogens is 4. The summed E-state index contributed by atoms with van der Waals surface area (Å²) in [7, 11) is 3.22. The van der Waals surface area contributed by atoms with Gasteiger partial charge in [0, 0.05) is 12.7 Å². The quantitative estimate of drug-likeness (QED) is 0.525. The van der Waals surface area contributed by atoms with E-state index in [9.17, 15) is 9.90 Å². The fourth-order valence-electron chi connectivity index (χ4n) is 3.11. The van der Waals surface area contributed by atoms with Crippen molar-refractivity contribution in [2.75, 3.05) is 19.1 Å². The zero-order chi connectivity index (χ0) is 20.4. The van der Waals surface area contributed by atoms with Crippen LogP contribution in [0.15, 0.2) is 67.1 Å². The molecule has 2 aromatic carbocycles. The van der Waals surface area contributed by atoms with Gasteiger partial charge in [-0.25, -0.2) is 14.8 Å². The van der Waals surface area contributed by atoms with E-state index in [1.165, 1.54) is 13.4 Å². The summed E-state index contributed by atoms with van der Waals surface area (Å²) in [5, 5.41) is 15.3. The van der Waals surface area contributed by atoms with Crippen LogP contribution in [0.4, 0.5) is 11.6 Å². The molecular weight excluding hydrogens is 370 g/mol. The predicted octanol–water partition coefficient (Wildman–Crippen LogP) is 2.76. The molecule has 2 aromatic heterocycles. The molecule has 29 heavy (non-hydrogen) atoms. The van der Waals surface area contributed by atoms with E-state index in [4.69, 9.17) is 4.74 Å². The molecule has 4 rings (SSSR count). The van der Waals surface area contributed by atoms with E-state index in [0.717, 1.165) is 5.69 Å². The van der Waals surface area contributed by atoms with Crippen molar-refractivity contribution in [1.29, 1.82) is 0 Å². The third-order valence-electron chi connectivity index (χ3n) is 4.70. The number of carbonyl (C=O) groups is 1. The number of hydrogen-bond acceptors (Lipinski definition) is 7. The second-order valence-electron chi connectivity index (χ2n) is 6.42. The van der Waals surface area contributed by atoms with Crippen LogP contribution in [0.25, 0.3) is 5.65 Å². The number of aliphatic hydroxyl groups is 1. The Morgan fingerprint density at radius 3 is 2.52 bits per heavy atom. The van der Waals surface area contributed by atoms with Crippen molar-refractivity contribution in [3.63, 3.8) is 0 Å². The second kappa shape index (κ2) is 7.69. The zero-order valence-corrected chi connectivity index (χ0v) is 15.9. The van der Waals surface area contributed by atoms with Gasteiger partial charge in [-0.15, -0.1) is 0 Å². The molecule has 0 aliphatic heterocycles. The Bertz CT molecular complexity index is 1140. The van der Waals surface area contributed by atoms with Crippen LogP contribution >= 0.6 is 0 Å². The largest absolute Gasteiger partial charge is 0.465 e. The second-order valence-corrected chi connectivity index (χ2v) is 6.42. The number of fused-ring (bicyclic) bond motifs is 1. The Labute approximate surface area is 167 Å². The van der Waals surface area contributed by atoms with Gasteiger partial charge in [-0.05, 0) is 29.8 Å². The van der Waals surface area contributed by atoms with Gasteiger partial charge in [-0.3, -0.25) is 0 Å². The molecule has 4 aromatic rings. The molecule has 0 saturated carbocycles. The number of anilines is 2. The molecule has 8 heteroatoms. The molecule has 0 saturated heterocycles. The molecule has 1 N–H and O–H groups in total. The zero-order valence-electron chi connectivity index (χ0n) is 15.9. The number of para-hydroxylation sites is 1. The van der Waals surface area contributed by atoms with E-state index < -0.39 is 12.1 Å². The van der Waals surface area contributed by atoms with E-state index in [0.29, 0.717) is 28.3 Å². The molecular formula is C21H19N5O3. The number of carbonyl (C=O) groups excluding carboxylic acids is 1. The van der Waals surface area contributed by atoms with Crippen molar-refractivity contribution in [3.05, 3.63) is 83.8 Å². The molecule has 0 spiro atoms. The fraction of sp³-hybridized carbons (Fsp3) is 0.143. The third-order valence-corrected chi connectivity index (χ3v) is 4.70. The van der Waals surface area contributed by atoms with Crippen LogP contribution in [0.3, 0.4) is 0 Å². The first-order valence-electron chi connectivity index (χ1n) is 8.94. The number of ether oxygens (including phenoxy) is 1. The Balaban J connectivity index is 1.70. The highest BCUT2D eigenvalue weighted by Crippen LogP contribution is 2.28. The van der Waals surface area contributed by atoms with Gasteiger partial charge >= 0.3 is 5.97 Å². The SMILES string of the molecule is COC(=O)c1ccc(C(O)c2cnn3c(N(C)c4ccccc4)ncnc23)cc1. The van der Waals surface area contributed by atoms with Crippen LogP contribution in [0, 0.1) is 0 Å². The molecule has 0 amide bonds. The number of nitrogens with zero attached hydrogens (tertiary/aromatic N) is 5. The van der Waals surface area contributed by atoms with Crippen molar-refractivity contribution in [3.8, 4) is 0 Å². The number of esters is 1. The van der Waals surface area contributed by atoms with Crippen LogP contribution in [-0.4, -0.2) is 44.8 Å². The Morgan fingerprint density at radius 2 is 1.83 bits per heavy atom. The lowest BCUT2D eigenvalue weighted by Crippen LogP contribution is -2.16. The van der Waals surface area contributed by atoms with E-state index >= 15 is 0 Å². The Hall–Kier alpha value is -3.78. The van der Waals surface area contributed by atoms with Crippen LogP contribution in [0.2, 0.25) is 0 Å². The number of rotatable bonds is 5. The lowest BCUT2D eigenvalue weighted by atomic mass is 10.0. The summed E-state index contributed by atoms with van der Waals surface area (Å²) in [6, 6.07) is 16.4. The topological polar surface area (TPSA) is 92.8 Å². The minimum atomic E-state index is -0.955. The van der Waals surface area contributed by atoms with Crippen molar-refractivity contribution in [2.24, 2.45) is 0 Å². The maximum Gasteiger partial charge on any atom is 0.337 e. The maximum atomic E-state index is 11.6. The summed E-state index contributed by atoms with van der Waals surface area (Å²) >= 11 is 0. The average molecular weight is 389 g/mol. The van der Waals surface area contributed by atoms with Gasteiger partial charge in [-0.1, -0.05) is 30.3 Å². The van der Waals surface area contributed by atoms with Crippen LogP contribution in [0.5, 0.6) is 0 Å². The molecule has 0 fully saturated rings. The highest BCUT2D eigenvalue weighted by Gasteiger charge is 2.20. The molecule has 2 heterocycles. The van der Waals surface area contributed by atoms with Gasteiger partial charge in [-0.2, -0.15) is 9.61 Å². The van der Waals surface area contributed by atoms with E-state index in [1.807, 2.05) is 42.3 Å². The van der Waals surface area contributed by atoms with E-state index in [-0.39, 0.29) is 0 Å². The van der Waals surface area contributed by atoms with Crippen LogP contribution in [-0.2, 0) is 4.74 Å². The molecule has 0 aliphatic rings. The maximum absolute atomic E-state index is 11.6. The summed E-state index contributed by atoms with van der Waals surface area (Å²) in [5.74, 6) is 0.143. The number of methoxy groups -OCH3 is 1. The number of hydrogen-bond donors (Lipinski definition) is 1. The van der Waals surface area contributed by atoms with E-state index in [2.05, 4.69) is 15.1 Å². The van der Waals surface area contributed by atoms with Gasteiger partial charge in [0.1, 0.15) is 12.4 Å². The summed E-state index contributed by atoms with van der Waals surface area (Å²) in [6.45, 7) is 0. The summed E-state index contributed by atoms with van der Waals surface area (Å²) in [6.07, 6.45) is 2.07. The first kappa shape index (κ1) is 18.6. The van der Waals surface area contributed by atoms with Gasteiger partial charge < -0.3 is 14.7 Å². The normalized spacial score (nSPS) is 12.0. The fourth-order valence-corrected chi connectivity index (χ4v) is 3.11. The molecule has 0 radical (unpaired) electrons. The molecule has 8 nitrogen and oxygen atoms in total. The molecule has 1 atom stereocenters. The third kappa shape index (κ3) is 3.41. The first-order valence-corrected chi connectivity index (χ1v) is 8.94. The van der Waals surface area contributed by atoms with Crippen molar-refractivity contribution < 1.29 is 14.6 Å². The van der Waals surface area contributed by atoms with Crippen molar-refractivity contribution >= 4 is 23.3 Å². The highest BCUT2D eigenvalue weighted by atomic mass is 16.5. The van der Waals surface area contributed by atoms with Crippen molar-refractivity contribution in [1.82, 2.24) is 19.6 Å². The smallest absolute Gasteiger partial charge is 0.337 e. The summed E-state index contributed by atoms with van der Waals surface area (Å²) in [4.78, 5) is 22.2. The highest BCUT2D eigenvalue weighted by molar-refractivity contribution is 5.89.